The van der Waals surface area contributed by atoms with Gasteiger partial charge in [0.25, 0.3) is 5.91 Å². The van der Waals surface area contributed by atoms with Gasteiger partial charge in [0.1, 0.15) is 12.3 Å². The van der Waals surface area contributed by atoms with Crippen LogP contribution < -0.4 is 4.90 Å². The quantitative estimate of drug-likeness (QED) is 0.762. The van der Waals surface area contributed by atoms with Crippen LogP contribution in [0.5, 0.6) is 0 Å². The second kappa shape index (κ2) is 8.75. The Morgan fingerprint density at radius 1 is 1.14 bits per heavy atom. The lowest BCUT2D eigenvalue weighted by Crippen LogP contribution is -2.49. The van der Waals surface area contributed by atoms with Gasteiger partial charge in [-0.15, -0.1) is 0 Å². The summed E-state index contributed by atoms with van der Waals surface area (Å²) in [4.78, 5) is 27.5. The number of rotatable bonds is 6. The van der Waals surface area contributed by atoms with E-state index in [9.17, 15) is 18.4 Å². The van der Waals surface area contributed by atoms with Crippen LogP contribution in [0, 0.1) is 0 Å². The molecular formula is C19H20F2N4O3. The van der Waals surface area contributed by atoms with Gasteiger partial charge in [-0.3, -0.25) is 9.59 Å². The Kier molecular flexibility index (Phi) is 6.15. The van der Waals surface area contributed by atoms with Crippen molar-refractivity contribution in [2.45, 2.75) is 6.55 Å². The number of piperazine rings is 1. The fraction of sp³-hybridized carbons (Fsp3) is 0.316. The van der Waals surface area contributed by atoms with Gasteiger partial charge in [0.15, 0.2) is 5.78 Å². The Labute approximate surface area is 160 Å². The zero-order valence-corrected chi connectivity index (χ0v) is 15.0. The molecule has 0 radical (unpaired) electrons. The third-order valence-corrected chi connectivity index (χ3v) is 4.52. The maximum atomic E-state index is 12.9. The van der Waals surface area contributed by atoms with Gasteiger partial charge in [0.2, 0.25) is 0 Å². The molecule has 2 heterocycles. The van der Waals surface area contributed by atoms with Crippen LogP contribution in [-0.4, -0.2) is 64.3 Å². The summed E-state index contributed by atoms with van der Waals surface area (Å²) in [6, 6.07) is 8.78. The molecule has 0 bridgehead atoms. The first-order valence-electron chi connectivity index (χ1n) is 8.78. The third kappa shape index (κ3) is 4.25. The topological polar surface area (TPSA) is 78.7 Å². The van der Waals surface area contributed by atoms with Crippen LogP contribution in [0.3, 0.4) is 0 Å². The number of benzene rings is 1. The number of aliphatic hydroxyl groups is 1. The molecule has 1 fully saturated rings. The summed E-state index contributed by atoms with van der Waals surface area (Å²) in [6.45, 7) is -1.62. The number of carbonyl (C=O) groups is 2. The zero-order chi connectivity index (χ0) is 20.1. The summed E-state index contributed by atoms with van der Waals surface area (Å²) in [7, 11) is 0. The molecule has 0 atom stereocenters. The Morgan fingerprint density at radius 3 is 2.54 bits per heavy atom. The standard InChI is InChI=1S/C19H20F2N4O3/c20-19(21)25-17(7-8-22-25)18(28)24-11-9-23(10-12-24)16-4-2-1-3-14(16)5-6-15(27)13-26/h1-8,19,26H,9-13H2/b6-5+. The van der Waals surface area contributed by atoms with E-state index in [2.05, 4.69) is 10.00 Å². The number of nitrogens with zero attached hydrogens (tertiary/aromatic N) is 4. The van der Waals surface area contributed by atoms with Crippen molar-refractivity contribution in [2.75, 3.05) is 37.7 Å². The average Bonchev–Trinajstić information content (AvgIpc) is 3.22. The van der Waals surface area contributed by atoms with Crippen molar-refractivity contribution in [3.63, 3.8) is 0 Å². The lowest BCUT2D eigenvalue weighted by molar-refractivity contribution is -0.117. The van der Waals surface area contributed by atoms with Crippen LogP contribution in [0.2, 0.25) is 0 Å². The molecule has 148 valence electrons. The summed E-state index contributed by atoms with van der Waals surface area (Å²) >= 11 is 0. The molecule has 7 nitrogen and oxygen atoms in total. The third-order valence-electron chi connectivity index (χ3n) is 4.52. The van der Waals surface area contributed by atoms with Crippen LogP contribution in [0.25, 0.3) is 6.08 Å². The van der Waals surface area contributed by atoms with Crippen LogP contribution >= 0.6 is 0 Å². The fourth-order valence-electron chi connectivity index (χ4n) is 3.10. The van der Waals surface area contributed by atoms with Crippen molar-refractivity contribution >= 4 is 23.5 Å². The van der Waals surface area contributed by atoms with E-state index in [0.717, 1.165) is 11.3 Å². The maximum Gasteiger partial charge on any atom is 0.333 e. The number of aromatic nitrogens is 2. The highest BCUT2D eigenvalue weighted by Gasteiger charge is 2.26. The fourth-order valence-corrected chi connectivity index (χ4v) is 3.10. The lowest BCUT2D eigenvalue weighted by Gasteiger charge is -2.36. The van der Waals surface area contributed by atoms with E-state index in [1.165, 1.54) is 23.2 Å². The zero-order valence-electron chi connectivity index (χ0n) is 15.0. The van der Waals surface area contributed by atoms with Crippen LogP contribution in [0.1, 0.15) is 22.6 Å². The van der Waals surface area contributed by atoms with Gasteiger partial charge in [0, 0.05) is 38.1 Å². The molecule has 0 spiro atoms. The van der Waals surface area contributed by atoms with Gasteiger partial charge in [-0.2, -0.15) is 18.6 Å². The van der Waals surface area contributed by atoms with Crippen LogP contribution in [0.4, 0.5) is 14.5 Å². The number of hydrogen-bond acceptors (Lipinski definition) is 5. The van der Waals surface area contributed by atoms with E-state index in [1.807, 2.05) is 24.3 Å². The molecule has 1 amide bonds. The summed E-state index contributed by atoms with van der Waals surface area (Å²) < 4.78 is 26.3. The largest absolute Gasteiger partial charge is 0.388 e. The Morgan fingerprint density at radius 2 is 1.86 bits per heavy atom. The normalized spacial score (nSPS) is 14.9. The second-order valence-electron chi connectivity index (χ2n) is 6.23. The van der Waals surface area contributed by atoms with E-state index >= 15 is 0 Å². The highest BCUT2D eigenvalue weighted by atomic mass is 19.3. The molecular weight excluding hydrogens is 370 g/mol. The summed E-state index contributed by atoms with van der Waals surface area (Å²) in [5.41, 5.74) is 1.59. The first-order valence-corrected chi connectivity index (χ1v) is 8.78. The highest BCUT2D eigenvalue weighted by Crippen LogP contribution is 2.24. The summed E-state index contributed by atoms with van der Waals surface area (Å²) in [5, 5.41) is 12.3. The molecule has 0 saturated carbocycles. The number of ketones is 1. The molecule has 0 aliphatic carbocycles. The minimum Gasteiger partial charge on any atom is -0.388 e. The number of halogens is 2. The van der Waals surface area contributed by atoms with E-state index in [4.69, 9.17) is 5.11 Å². The smallest absolute Gasteiger partial charge is 0.333 e. The minimum atomic E-state index is -2.87. The molecule has 0 unspecified atom stereocenters. The van der Waals surface area contributed by atoms with E-state index in [-0.39, 0.29) is 11.5 Å². The first-order chi connectivity index (χ1) is 13.5. The maximum absolute atomic E-state index is 12.9. The number of hydrogen-bond donors (Lipinski definition) is 1. The molecule has 1 N–H and O–H groups in total. The number of carbonyl (C=O) groups excluding carboxylic acids is 2. The van der Waals surface area contributed by atoms with E-state index in [0.29, 0.717) is 30.9 Å². The van der Waals surface area contributed by atoms with Gasteiger partial charge in [0.05, 0.1) is 0 Å². The van der Waals surface area contributed by atoms with Gasteiger partial charge in [-0.1, -0.05) is 18.2 Å². The van der Waals surface area contributed by atoms with E-state index < -0.39 is 19.1 Å². The van der Waals surface area contributed by atoms with Gasteiger partial charge < -0.3 is 14.9 Å². The lowest BCUT2D eigenvalue weighted by atomic mass is 10.1. The van der Waals surface area contributed by atoms with Crippen molar-refractivity contribution in [1.82, 2.24) is 14.7 Å². The molecule has 1 saturated heterocycles. The number of amides is 1. The van der Waals surface area contributed by atoms with Crippen molar-refractivity contribution in [1.29, 1.82) is 0 Å². The summed E-state index contributed by atoms with van der Waals surface area (Å²) in [5.74, 6) is -0.861. The number of anilines is 1. The van der Waals surface area contributed by atoms with Crippen molar-refractivity contribution in [2.24, 2.45) is 0 Å². The van der Waals surface area contributed by atoms with Crippen molar-refractivity contribution < 1.29 is 23.5 Å². The van der Waals surface area contributed by atoms with Crippen molar-refractivity contribution in [3.8, 4) is 0 Å². The number of aliphatic hydroxyl groups excluding tert-OH is 1. The number of alkyl halides is 2. The van der Waals surface area contributed by atoms with Crippen LogP contribution in [-0.2, 0) is 4.79 Å². The molecule has 1 aliphatic heterocycles. The van der Waals surface area contributed by atoms with Crippen molar-refractivity contribution in [3.05, 3.63) is 53.9 Å². The molecule has 1 aromatic heterocycles. The predicted octanol–water partition coefficient (Wildman–Crippen LogP) is 1.82. The Balaban J connectivity index is 1.69. The predicted molar refractivity (Wildman–Crippen MR) is 99.2 cm³/mol. The van der Waals surface area contributed by atoms with Gasteiger partial charge in [-0.05, 0) is 29.8 Å². The molecule has 1 aliphatic rings. The Bertz CT molecular complexity index is 874. The molecule has 2 aromatic rings. The van der Waals surface area contributed by atoms with Gasteiger partial charge in [-0.25, -0.2) is 0 Å². The number of para-hydroxylation sites is 1. The van der Waals surface area contributed by atoms with Crippen LogP contribution in [0.15, 0.2) is 42.6 Å². The Hall–Kier alpha value is -3.07. The van der Waals surface area contributed by atoms with Gasteiger partial charge >= 0.3 is 6.55 Å². The highest BCUT2D eigenvalue weighted by molar-refractivity contribution is 5.95. The monoisotopic (exact) mass is 390 g/mol. The molecule has 3 rings (SSSR count). The van der Waals surface area contributed by atoms with E-state index in [1.54, 1.807) is 6.08 Å². The first kappa shape index (κ1) is 19.7. The second-order valence-corrected chi connectivity index (χ2v) is 6.23. The summed E-state index contributed by atoms with van der Waals surface area (Å²) in [6.07, 6.45) is 4.16. The molecule has 1 aromatic carbocycles. The average molecular weight is 390 g/mol. The minimum absolute atomic E-state index is 0.130. The molecule has 9 heteroatoms. The molecule has 28 heavy (non-hydrogen) atoms. The SMILES string of the molecule is O=C(/C=C/c1ccccc1N1CCN(C(=O)c2ccnn2C(F)F)CC1)CO.